The van der Waals surface area contributed by atoms with E-state index >= 15 is 0 Å². The normalized spacial score (nSPS) is 17.9. The van der Waals surface area contributed by atoms with Gasteiger partial charge in [0, 0.05) is 25.9 Å². The van der Waals surface area contributed by atoms with Gasteiger partial charge in [-0.15, -0.1) is 0 Å². The fraction of sp³-hybridized carbons (Fsp3) is 0.556. The molecule has 1 aromatic rings. The van der Waals surface area contributed by atoms with Crippen molar-refractivity contribution >= 4 is 5.91 Å². The topological polar surface area (TPSA) is 58.2 Å². The number of carbonyl (C=O) groups is 1. The number of hydrogen-bond donors (Lipinski definition) is 1. The number of aromatic nitrogens is 2. The molecule has 0 aliphatic carbocycles. The molecule has 1 aliphatic heterocycles. The highest BCUT2D eigenvalue weighted by molar-refractivity contribution is 5.93. The molecule has 1 amide bonds. The minimum atomic E-state index is 0.0317. The number of amides is 1. The Morgan fingerprint density at radius 1 is 1.50 bits per heavy atom. The number of rotatable bonds is 1. The summed E-state index contributed by atoms with van der Waals surface area (Å²) >= 11 is 0. The molecule has 5 heteroatoms. The Balaban J connectivity index is 2.03. The predicted molar refractivity (Wildman–Crippen MR) is 49.9 cm³/mol. The Bertz CT molecular complexity index is 289. The minimum Gasteiger partial charge on any atom is -0.380 e. The average Bonchev–Trinajstić information content (AvgIpc) is 2.59. The summed E-state index contributed by atoms with van der Waals surface area (Å²) in [5, 5.41) is 6.39. The Morgan fingerprint density at radius 2 is 2.43 bits per heavy atom. The van der Waals surface area contributed by atoms with Crippen LogP contribution in [-0.2, 0) is 4.74 Å². The van der Waals surface area contributed by atoms with Crippen molar-refractivity contribution in [3.63, 3.8) is 0 Å². The van der Waals surface area contributed by atoms with Gasteiger partial charge in [-0.05, 0) is 6.42 Å². The molecule has 76 valence electrons. The summed E-state index contributed by atoms with van der Waals surface area (Å²) in [4.78, 5) is 13.6. The molecule has 0 bridgehead atoms. The molecule has 1 saturated heterocycles. The van der Waals surface area contributed by atoms with Crippen molar-refractivity contribution in [1.82, 2.24) is 15.1 Å². The number of nitrogens with one attached hydrogen (secondary N) is 1. The molecule has 0 atom stereocenters. The zero-order valence-electron chi connectivity index (χ0n) is 7.90. The molecule has 0 saturated carbocycles. The van der Waals surface area contributed by atoms with E-state index in [9.17, 15) is 4.79 Å². The van der Waals surface area contributed by atoms with Crippen LogP contribution in [0.4, 0.5) is 0 Å². The summed E-state index contributed by atoms with van der Waals surface area (Å²) < 4.78 is 5.27. The van der Waals surface area contributed by atoms with Crippen molar-refractivity contribution in [1.29, 1.82) is 0 Å². The van der Waals surface area contributed by atoms with Crippen LogP contribution in [0.3, 0.4) is 0 Å². The van der Waals surface area contributed by atoms with E-state index in [-0.39, 0.29) is 5.91 Å². The molecule has 5 nitrogen and oxygen atoms in total. The van der Waals surface area contributed by atoms with E-state index in [4.69, 9.17) is 4.74 Å². The number of aromatic amines is 1. The van der Waals surface area contributed by atoms with Crippen molar-refractivity contribution in [3.05, 3.63) is 18.0 Å². The van der Waals surface area contributed by atoms with Gasteiger partial charge in [0.25, 0.3) is 5.91 Å². The van der Waals surface area contributed by atoms with E-state index in [0.717, 1.165) is 19.6 Å². The van der Waals surface area contributed by atoms with Gasteiger partial charge in [-0.1, -0.05) is 0 Å². The first-order chi connectivity index (χ1) is 6.88. The highest BCUT2D eigenvalue weighted by Crippen LogP contribution is 2.05. The SMILES string of the molecule is O=C(c1cn[nH]c1)N1CCCOCC1. The molecular formula is C9H13N3O2. The third kappa shape index (κ3) is 1.93. The lowest BCUT2D eigenvalue weighted by Gasteiger charge is -2.18. The van der Waals surface area contributed by atoms with Gasteiger partial charge in [0.1, 0.15) is 0 Å². The molecule has 1 fully saturated rings. The highest BCUT2D eigenvalue weighted by atomic mass is 16.5. The zero-order valence-corrected chi connectivity index (χ0v) is 7.90. The van der Waals surface area contributed by atoms with Crippen LogP contribution >= 0.6 is 0 Å². The lowest BCUT2D eigenvalue weighted by atomic mass is 10.3. The van der Waals surface area contributed by atoms with E-state index in [1.807, 2.05) is 0 Å². The Kier molecular flexibility index (Phi) is 2.78. The summed E-state index contributed by atoms with van der Waals surface area (Å²) in [5.41, 5.74) is 0.618. The first kappa shape index (κ1) is 9.21. The Labute approximate surface area is 82.0 Å². The number of carbonyl (C=O) groups excluding carboxylic acids is 1. The first-order valence-electron chi connectivity index (χ1n) is 4.74. The lowest BCUT2D eigenvalue weighted by Crippen LogP contribution is -2.32. The quantitative estimate of drug-likeness (QED) is 0.699. The molecule has 0 aromatic carbocycles. The summed E-state index contributed by atoms with van der Waals surface area (Å²) in [6.07, 6.45) is 4.08. The van der Waals surface area contributed by atoms with E-state index < -0.39 is 0 Å². The van der Waals surface area contributed by atoms with Crippen LogP contribution in [0, 0.1) is 0 Å². The second kappa shape index (κ2) is 4.23. The molecule has 0 spiro atoms. The number of hydrogen-bond acceptors (Lipinski definition) is 3. The summed E-state index contributed by atoms with van der Waals surface area (Å²) in [6, 6.07) is 0. The Morgan fingerprint density at radius 3 is 3.21 bits per heavy atom. The molecule has 0 radical (unpaired) electrons. The van der Waals surface area contributed by atoms with E-state index in [0.29, 0.717) is 18.7 Å². The van der Waals surface area contributed by atoms with E-state index in [1.165, 1.54) is 0 Å². The van der Waals surface area contributed by atoms with Crippen molar-refractivity contribution in [3.8, 4) is 0 Å². The van der Waals surface area contributed by atoms with E-state index in [1.54, 1.807) is 17.3 Å². The number of ether oxygens (including phenoxy) is 1. The molecule has 1 aliphatic rings. The smallest absolute Gasteiger partial charge is 0.257 e. The van der Waals surface area contributed by atoms with Crippen LogP contribution in [0.15, 0.2) is 12.4 Å². The van der Waals surface area contributed by atoms with Crippen molar-refractivity contribution in [2.45, 2.75) is 6.42 Å². The van der Waals surface area contributed by atoms with Crippen LogP contribution in [0.5, 0.6) is 0 Å². The van der Waals surface area contributed by atoms with Crippen molar-refractivity contribution in [2.24, 2.45) is 0 Å². The van der Waals surface area contributed by atoms with Crippen LogP contribution in [0.2, 0.25) is 0 Å². The van der Waals surface area contributed by atoms with Crippen LogP contribution in [0.25, 0.3) is 0 Å². The summed E-state index contributed by atoms with van der Waals surface area (Å²) in [7, 11) is 0. The van der Waals surface area contributed by atoms with Crippen LogP contribution in [0.1, 0.15) is 16.8 Å². The monoisotopic (exact) mass is 195 g/mol. The summed E-state index contributed by atoms with van der Waals surface area (Å²) in [6.45, 7) is 2.81. The molecule has 1 aromatic heterocycles. The van der Waals surface area contributed by atoms with E-state index in [2.05, 4.69) is 10.2 Å². The second-order valence-corrected chi connectivity index (χ2v) is 3.25. The fourth-order valence-corrected chi connectivity index (χ4v) is 1.50. The maximum absolute atomic E-state index is 11.8. The zero-order chi connectivity index (χ0) is 9.80. The van der Waals surface area contributed by atoms with Crippen molar-refractivity contribution in [2.75, 3.05) is 26.3 Å². The number of H-pyrrole nitrogens is 1. The molecule has 14 heavy (non-hydrogen) atoms. The first-order valence-corrected chi connectivity index (χ1v) is 4.74. The molecule has 2 rings (SSSR count). The van der Waals surface area contributed by atoms with Gasteiger partial charge in [0.2, 0.25) is 0 Å². The van der Waals surface area contributed by atoms with Gasteiger partial charge in [-0.3, -0.25) is 9.89 Å². The van der Waals surface area contributed by atoms with Gasteiger partial charge >= 0.3 is 0 Å². The van der Waals surface area contributed by atoms with Crippen LogP contribution < -0.4 is 0 Å². The standard InChI is InChI=1S/C9H13N3O2/c13-9(8-6-10-11-7-8)12-2-1-4-14-5-3-12/h6-7H,1-5H2,(H,10,11). The van der Waals surface area contributed by atoms with Gasteiger partial charge < -0.3 is 9.64 Å². The lowest BCUT2D eigenvalue weighted by molar-refractivity contribution is 0.0741. The molecular weight excluding hydrogens is 182 g/mol. The van der Waals surface area contributed by atoms with Gasteiger partial charge in [0.05, 0.1) is 18.4 Å². The second-order valence-electron chi connectivity index (χ2n) is 3.25. The van der Waals surface area contributed by atoms with Gasteiger partial charge in [0.15, 0.2) is 0 Å². The van der Waals surface area contributed by atoms with Gasteiger partial charge in [-0.25, -0.2) is 0 Å². The van der Waals surface area contributed by atoms with Crippen LogP contribution in [-0.4, -0.2) is 47.3 Å². The molecule has 0 unspecified atom stereocenters. The maximum atomic E-state index is 11.8. The maximum Gasteiger partial charge on any atom is 0.257 e. The average molecular weight is 195 g/mol. The third-order valence-corrected chi connectivity index (χ3v) is 2.25. The van der Waals surface area contributed by atoms with Crippen molar-refractivity contribution < 1.29 is 9.53 Å². The fourth-order valence-electron chi connectivity index (χ4n) is 1.50. The number of nitrogens with zero attached hydrogens (tertiary/aromatic N) is 2. The van der Waals surface area contributed by atoms with Gasteiger partial charge in [-0.2, -0.15) is 5.10 Å². The minimum absolute atomic E-state index is 0.0317. The largest absolute Gasteiger partial charge is 0.380 e. The third-order valence-electron chi connectivity index (χ3n) is 2.25. The predicted octanol–water partition coefficient (Wildman–Crippen LogP) is 0.272. The summed E-state index contributed by atoms with van der Waals surface area (Å²) in [5.74, 6) is 0.0317. The highest BCUT2D eigenvalue weighted by Gasteiger charge is 2.17. The Hall–Kier alpha value is -1.36. The molecule has 1 N–H and O–H groups in total. The molecule has 2 heterocycles.